The third kappa shape index (κ3) is 3.47. The highest BCUT2D eigenvalue weighted by Crippen LogP contribution is 2.26. The van der Waals surface area contributed by atoms with Crippen LogP contribution in [0.15, 0.2) is 27.4 Å². The Hall–Kier alpha value is -2.30. The van der Waals surface area contributed by atoms with Crippen molar-refractivity contribution in [1.82, 2.24) is 0 Å². The monoisotopic (exact) mass is 305 g/mol. The fourth-order valence-electron chi connectivity index (χ4n) is 2.32. The lowest BCUT2D eigenvalue weighted by Crippen LogP contribution is -2.22. The summed E-state index contributed by atoms with van der Waals surface area (Å²) in [5.74, 6) is -1.27. The third-order valence-electron chi connectivity index (χ3n) is 3.39. The van der Waals surface area contributed by atoms with Gasteiger partial charge in [0.1, 0.15) is 11.1 Å². The van der Waals surface area contributed by atoms with E-state index >= 15 is 0 Å². The predicted molar refractivity (Wildman–Crippen MR) is 89.1 cm³/mol. The summed E-state index contributed by atoms with van der Waals surface area (Å²) in [5, 5.41) is 9.57. The lowest BCUT2D eigenvalue weighted by atomic mass is 10.1. The van der Waals surface area contributed by atoms with Crippen molar-refractivity contribution in [2.24, 2.45) is 0 Å². The van der Waals surface area contributed by atoms with Crippen molar-refractivity contribution in [3.63, 3.8) is 0 Å². The molecular formula is C17H23NO4. The van der Waals surface area contributed by atoms with E-state index in [0.717, 1.165) is 24.3 Å². The largest absolute Gasteiger partial charge is 0.477 e. The van der Waals surface area contributed by atoms with Gasteiger partial charge in [0.2, 0.25) is 0 Å². The first-order valence-electron chi connectivity index (χ1n) is 7.54. The van der Waals surface area contributed by atoms with Gasteiger partial charge in [0, 0.05) is 30.2 Å². The van der Waals surface area contributed by atoms with Crippen LogP contribution in [0.5, 0.6) is 0 Å². The molecule has 5 nitrogen and oxygen atoms in total. The third-order valence-corrected chi connectivity index (χ3v) is 3.39. The van der Waals surface area contributed by atoms with Crippen molar-refractivity contribution >= 4 is 22.6 Å². The van der Waals surface area contributed by atoms with Gasteiger partial charge in [-0.15, -0.1) is 0 Å². The van der Waals surface area contributed by atoms with Crippen molar-refractivity contribution in [3.05, 3.63) is 39.7 Å². The zero-order valence-electron chi connectivity index (χ0n) is 13.8. The molecule has 0 fully saturated rings. The van der Waals surface area contributed by atoms with Crippen LogP contribution in [-0.4, -0.2) is 24.2 Å². The molecule has 22 heavy (non-hydrogen) atoms. The fourth-order valence-corrected chi connectivity index (χ4v) is 2.32. The number of fused-ring (bicyclic) bond motifs is 1. The van der Waals surface area contributed by atoms with E-state index in [1.54, 1.807) is 6.07 Å². The van der Waals surface area contributed by atoms with E-state index in [4.69, 9.17) is 9.52 Å². The average Bonchev–Trinajstić information content (AvgIpc) is 2.50. The Morgan fingerprint density at radius 3 is 2.27 bits per heavy atom. The van der Waals surface area contributed by atoms with Crippen LogP contribution in [0.25, 0.3) is 11.0 Å². The number of benzene rings is 1. The van der Waals surface area contributed by atoms with Gasteiger partial charge in [0.25, 0.3) is 0 Å². The van der Waals surface area contributed by atoms with E-state index in [1.807, 2.05) is 26.8 Å². The summed E-state index contributed by atoms with van der Waals surface area (Å²) < 4.78 is 5.13. The van der Waals surface area contributed by atoms with Gasteiger partial charge >= 0.3 is 11.6 Å². The van der Waals surface area contributed by atoms with Crippen molar-refractivity contribution in [1.29, 1.82) is 0 Å². The summed E-state index contributed by atoms with van der Waals surface area (Å²) in [5.41, 5.74) is 1.26. The first kappa shape index (κ1) is 17.8. The molecule has 1 aromatic carbocycles. The topological polar surface area (TPSA) is 70.8 Å². The van der Waals surface area contributed by atoms with Crippen LogP contribution >= 0.6 is 0 Å². The summed E-state index contributed by atoms with van der Waals surface area (Å²) in [4.78, 5) is 24.7. The molecule has 0 saturated heterocycles. The highest BCUT2D eigenvalue weighted by atomic mass is 16.4. The van der Waals surface area contributed by atoms with Crippen LogP contribution in [0.2, 0.25) is 0 Å². The Labute approximate surface area is 130 Å². The number of carbonyl (C=O) groups is 1. The molecular weight excluding hydrogens is 282 g/mol. The molecule has 120 valence electrons. The SMILES string of the molecule is CC.CCN(CC)c1cc2oc(=O)c(C(=O)O)cc2cc1C. The maximum atomic E-state index is 11.6. The van der Waals surface area contributed by atoms with Crippen LogP contribution in [0.4, 0.5) is 5.69 Å². The minimum Gasteiger partial charge on any atom is -0.477 e. The van der Waals surface area contributed by atoms with E-state index in [0.29, 0.717) is 11.0 Å². The molecule has 2 rings (SSSR count). The van der Waals surface area contributed by atoms with E-state index in [-0.39, 0.29) is 5.56 Å². The molecule has 0 aliphatic carbocycles. The first-order valence-corrected chi connectivity index (χ1v) is 7.54. The standard InChI is InChI=1S/C15H17NO4.C2H6/c1-4-16(5-2)12-8-13-10(6-9(12)3)7-11(14(17)18)15(19)20-13;1-2/h6-8H,4-5H2,1-3H3,(H,17,18);1-2H3. The summed E-state index contributed by atoms with van der Waals surface area (Å²) >= 11 is 0. The maximum Gasteiger partial charge on any atom is 0.351 e. The van der Waals surface area contributed by atoms with Gasteiger partial charge in [-0.2, -0.15) is 0 Å². The van der Waals surface area contributed by atoms with Crippen LogP contribution in [0.3, 0.4) is 0 Å². The molecule has 0 aliphatic rings. The number of anilines is 1. The van der Waals surface area contributed by atoms with E-state index < -0.39 is 11.6 Å². The second kappa shape index (κ2) is 7.64. The maximum absolute atomic E-state index is 11.6. The molecule has 2 aromatic rings. The smallest absolute Gasteiger partial charge is 0.351 e. The molecule has 0 radical (unpaired) electrons. The Morgan fingerprint density at radius 2 is 1.77 bits per heavy atom. The van der Waals surface area contributed by atoms with E-state index in [2.05, 4.69) is 18.7 Å². The summed E-state index contributed by atoms with van der Waals surface area (Å²) in [6, 6.07) is 5.01. The Kier molecular flexibility index (Phi) is 6.16. The predicted octanol–water partition coefficient (Wildman–Crippen LogP) is 3.67. The number of rotatable bonds is 4. The van der Waals surface area contributed by atoms with Gasteiger partial charge in [-0.05, 0) is 38.5 Å². The molecule has 0 bridgehead atoms. The average molecular weight is 305 g/mol. The Bertz CT molecular complexity index is 714. The van der Waals surface area contributed by atoms with E-state index in [1.165, 1.54) is 6.07 Å². The van der Waals surface area contributed by atoms with Crippen LogP contribution in [-0.2, 0) is 0 Å². The molecule has 0 aliphatic heterocycles. The number of nitrogens with zero attached hydrogens (tertiary/aromatic N) is 1. The van der Waals surface area contributed by atoms with Gasteiger partial charge < -0.3 is 14.4 Å². The summed E-state index contributed by atoms with van der Waals surface area (Å²) in [7, 11) is 0. The van der Waals surface area contributed by atoms with Crippen LogP contribution < -0.4 is 10.5 Å². The van der Waals surface area contributed by atoms with Crippen molar-refractivity contribution < 1.29 is 14.3 Å². The molecule has 0 atom stereocenters. The highest BCUT2D eigenvalue weighted by molar-refractivity contribution is 5.92. The lowest BCUT2D eigenvalue weighted by Gasteiger charge is -2.23. The minimum atomic E-state index is -1.27. The molecule has 0 unspecified atom stereocenters. The summed E-state index contributed by atoms with van der Waals surface area (Å²) in [6.45, 7) is 11.8. The lowest BCUT2D eigenvalue weighted by molar-refractivity contribution is 0.0692. The number of carboxylic acids is 1. The number of carboxylic acid groups (broad SMARTS) is 1. The molecule has 0 saturated carbocycles. The number of hydrogen-bond acceptors (Lipinski definition) is 4. The number of aryl methyl sites for hydroxylation is 1. The molecule has 0 spiro atoms. The molecule has 5 heteroatoms. The van der Waals surface area contributed by atoms with Gasteiger partial charge in [-0.1, -0.05) is 13.8 Å². The van der Waals surface area contributed by atoms with Crippen LogP contribution in [0.1, 0.15) is 43.6 Å². The number of hydrogen-bond donors (Lipinski definition) is 1. The first-order chi connectivity index (χ1) is 10.5. The van der Waals surface area contributed by atoms with Crippen molar-refractivity contribution in [3.8, 4) is 0 Å². The van der Waals surface area contributed by atoms with E-state index in [9.17, 15) is 9.59 Å². The van der Waals surface area contributed by atoms with Gasteiger partial charge in [-0.25, -0.2) is 9.59 Å². The zero-order chi connectivity index (χ0) is 16.9. The Balaban J connectivity index is 0.00000116. The van der Waals surface area contributed by atoms with Gasteiger partial charge in [0.15, 0.2) is 0 Å². The van der Waals surface area contributed by atoms with Crippen molar-refractivity contribution in [2.75, 3.05) is 18.0 Å². The second-order valence-corrected chi connectivity index (χ2v) is 4.60. The molecule has 1 heterocycles. The fraction of sp³-hybridized carbons (Fsp3) is 0.412. The van der Waals surface area contributed by atoms with Gasteiger partial charge in [-0.3, -0.25) is 0 Å². The second-order valence-electron chi connectivity index (χ2n) is 4.60. The van der Waals surface area contributed by atoms with Crippen LogP contribution in [0, 0.1) is 6.92 Å². The zero-order valence-corrected chi connectivity index (χ0v) is 13.8. The molecule has 1 N–H and O–H groups in total. The van der Waals surface area contributed by atoms with Crippen molar-refractivity contribution in [2.45, 2.75) is 34.6 Å². The normalized spacial score (nSPS) is 10.0. The highest BCUT2D eigenvalue weighted by Gasteiger charge is 2.14. The Morgan fingerprint density at radius 1 is 1.18 bits per heavy atom. The summed E-state index contributed by atoms with van der Waals surface area (Å²) in [6.07, 6.45) is 0. The molecule has 0 amide bonds. The minimum absolute atomic E-state index is 0.340. The van der Waals surface area contributed by atoms with Gasteiger partial charge in [0.05, 0.1) is 0 Å². The number of aromatic carboxylic acids is 1. The molecule has 1 aromatic heterocycles. The quantitative estimate of drug-likeness (QED) is 0.873.